The van der Waals surface area contributed by atoms with Gasteiger partial charge in [-0.1, -0.05) is 169 Å². The molecule has 0 aliphatic carbocycles. The lowest BCUT2D eigenvalue weighted by atomic mass is 10.1. The van der Waals surface area contributed by atoms with Gasteiger partial charge >= 0.3 is 19.8 Å². The van der Waals surface area contributed by atoms with Gasteiger partial charge in [0, 0.05) is 13.0 Å². The number of aliphatic carboxylic acids is 1. The van der Waals surface area contributed by atoms with Gasteiger partial charge in [-0.05, 0) is 96.3 Å². The van der Waals surface area contributed by atoms with Crippen molar-refractivity contribution >= 4 is 19.8 Å². The number of carboxylic acid groups (broad SMARTS) is 1. The minimum atomic E-state index is -4.64. The van der Waals surface area contributed by atoms with Crippen LogP contribution in [-0.4, -0.2) is 60.5 Å². The Morgan fingerprint density at radius 1 is 0.532 bits per heavy atom. The van der Waals surface area contributed by atoms with E-state index in [1.807, 2.05) is 0 Å². The van der Waals surface area contributed by atoms with Crippen molar-refractivity contribution in [2.24, 2.45) is 5.73 Å². The molecular weight excluding hydrogens is 802 g/mol. The quantitative estimate of drug-likeness (QED) is 0.0233. The van der Waals surface area contributed by atoms with E-state index in [-0.39, 0.29) is 13.0 Å². The minimum Gasteiger partial charge on any atom is -0.480 e. The highest BCUT2D eigenvalue weighted by molar-refractivity contribution is 7.47. The maximum Gasteiger partial charge on any atom is 0.472 e. The number of unbranched alkanes of at least 4 members (excludes halogenated alkanes) is 14. The normalized spacial score (nSPS) is 14.6. The van der Waals surface area contributed by atoms with Gasteiger partial charge in [0.1, 0.15) is 12.1 Å². The highest BCUT2D eigenvalue weighted by Crippen LogP contribution is 2.43. The van der Waals surface area contributed by atoms with Gasteiger partial charge in [-0.25, -0.2) is 4.57 Å². The fourth-order valence-corrected chi connectivity index (χ4v) is 6.71. The molecule has 0 heterocycles. The Bertz CT molecular complexity index is 1350. The molecule has 0 amide bonds. The fraction of sp³-hybridized carbons (Fsp3) is 0.647. The van der Waals surface area contributed by atoms with Crippen molar-refractivity contribution in [2.75, 3.05) is 26.4 Å². The van der Waals surface area contributed by atoms with Crippen molar-refractivity contribution in [3.8, 4) is 0 Å². The first-order valence-corrected chi connectivity index (χ1v) is 25.3. The third kappa shape index (κ3) is 44.9. The Kier molecular flexibility index (Phi) is 43.6. The van der Waals surface area contributed by atoms with E-state index in [4.69, 9.17) is 29.4 Å². The van der Waals surface area contributed by atoms with Crippen LogP contribution < -0.4 is 5.73 Å². The van der Waals surface area contributed by atoms with E-state index < -0.39 is 45.1 Å². The summed E-state index contributed by atoms with van der Waals surface area (Å²) in [6.07, 6.45) is 60.3. The van der Waals surface area contributed by atoms with Crippen LogP contribution >= 0.6 is 7.82 Å². The van der Waals surface area contributed by atoms with Crippen LogP contribution in [0.15, 0.2) is 97.2 Å². The highest BCUT2D eigenvalue weighted by atomic mass is 31.2. The molecule has 0 rings (SSSR count). The first kappa shape index (κ1) is 58.9. The predicted octanol–water partition coefficient (Wildman–Crippen LogP) is 13.7. The lowest BCUT2D eigenvalue weighted by Crippen LogP contribution is -2.34. The first-order chi connectivity index (χ1) is 30.2. The fourth-order valence-electron chi connectivity index (χ4n) is 5.93. The summed E-state index contributed by atoms with van der Waals surface area (Å²) in [6, 6.07) is -1.48. The summed E-state index contributed by atoms with van der Waals surface area (Å²) in [4.78, 5) is 33.6. The molecule has 4 N–H and O–H groups in total. The molecule has 0 aromatic rings. The molecule has 0 aliphatic heterocycles. The summed E-state index contributed by atoms with van der Waals surface area (Å²) in [6.45, 7) is 3.67. The Morgan fingerprint density at radius 3 is 1.40 bits per heavy atom. The average Bonchev–Trinajstić information content (AvgIpc) is 3.25. The maximum absolute atomic E-state index is 12.7. The molecule has 62 heavy (non-hydrogen) atoms. The van der Waals surface area contributed by atoms with Crippen LogP contribution in [-0.2, 0) is 32.7 Å². The zero-order chi connectivity index (χ0) is 45.5. The van der Waals surface area contributed by atoms with Gasteiger partial charge in [0.15, 0.2) is 0 Å². The third-order valence-corrected chi connectivity index (χ3v) is 10.5. The molecule has 0 aromatic carbocycles. The predicted molar refractivity (Wildman–Crippen MR) is 258 cm³/mol. The number of phosphoric ester groups is 1. The van der Waals surface area contributed by atoms with Crippen molar-refractivity contribution in [3.05, 3.63) is 97.2 Å². The summed E-state index contributed by atoms with van der Waals surface area (Å²) < 4.78 is 33.4. The number of ether oxygens (including phenoxy) is 2. The van der Waals surface area contributed by atoms with Crippen molar-refractivity contribution in [1.82, 2.24) is 0 Å². The van der Waals surface area contributed by atoms with Crippen LogP contribution in [0.3, 0.4) is 0 Å². The second-order valence-corrected chi connectivity index (χ2v) is 17.0. The van der Waals surface area contributed by atoms with Crippen LogP contribution in [0.2, 0.25) is 0 Å². The second kappa shape index (κ2) is 45.9. The Morgan fingerprint density at radius 2 is 0.935 bits per heavy atom. The van der Waals surface area contributed by atoms with E-state index in [0.717, 1.165) is 116 Å². The van der Waals surface area contributed by atoms with Crippen LogP contribution in [0, 0.1) is 0 Å². The number of nitrogens with two attached hydrogens (primary N) is 1. The van der Waals surface area contributed by atoms with Gasteiger partial charge < -0.3 is 25.2 Å². The van der Waals surface area contributed by atoms with Crippen molar-refractivity contribution in [3.63, 3.8) is 0 Å². The van der Waals surface area contributed by atoms with Gasteiger partial charge in [-0.2, -0.15) is 0 Å². The van der Waals surface area contributed by atoms with E-state index in [2.05, 4.69) is 111 Å². The smallest absolute Gasteiger partial charge is 0.472 e. The van der Waals surface area contributed by atoms with E-state index in [9.17, 15) is 19.0 Å². The van der Waals surface area contributed by atoms with Crippen LogP contribution in [0.4, 0.5) is 0 Å². The molecule has 0 saturated carbocycles. The van der Waals surface area contributed by atoms with Crippen LogP contribution in [0.5, 0.6) is 0 Å². The largest absolute Gasteiger partial charge is 0.480 e. The molecule has 0 bridgehead atoms. The third-order valence-electron chi connectivity index (χ3n) is 9.60. The van der Waals surface area contributed by atoms with Crippen molar-refractivity contribution in [1.29, 1.82) is 0 Å². The molecule has 0 radical (unpaired) electrons. The highest BCUT2D eigenvalue weighted by Gasteiger charge is 2.27. The molecule has 3 atom stereocenters. The number of esters is 1. The molecule has 11 heteroatoms. The zero-order valence-corrected chi connectivity index (χ0v) is 39.6. The van der Waals surface area contributed by atoms with Crippen LogP contribution in [0.25, 0.3) is 0 Å². The summed E-state index contributed by atoms with van der Waals surface area (Å²) in [5.41, 5.74) is 5.36. The summed E-state index contributed by atoms with van der Waals surface area (Å²) in [5, 5.41) is 8.91. The molecule has 10 nitrogen and oxygen atoms in total. The van der Waals surface area contributed by atoms with Crippen LogP contribution in [0.1, 0.15) is 174 Å². The number of hydrogen-bond acceptors (Lipinski definition) is 8. The molecule has 354 valence electrons. The molecule has 0 aliphatic rings. The number of carboxylic acids is 1. The van der Waals surface area contributed by atoms with Crippen molar-refractivity contribution in [2.45, 2.75) is 187 Å². The SMILES string of the molecule is CC/C=C\C/C=C\C/C=C\C/C=C\C/C=C\C/C=C\CCCCCCCOCC(COP(=O)(O)OCC(N)C(=O)O)OC(=O)CCCCCCC/C=C\C/C=C\CCCCCC. The number of rotatable bonds is 44. The van der Waals surface area contributed by atoms with Gasteiger partial charge in [0.2, 0.25) is 0 Å². The van der Waals surface area contributed by atoms with Gasteiger partial charge in [0.25, 0.3) is 0 Å². The number of carbonyl (C=O) groups is 2. The molecule has 0 fully saturated rings. The lowest BCUT2D eigenvalue weighted by molar-refractivity contribution is -0.154. The lowest BCUT2D eigenvalue weighted by Gasteiger charge is -2.20. The molecule has 3 unspecified atom stereocenters. The topological polar surface area (TPSA) is 155 Å². The summed E-state index contributed by atoms with van der Waals surface area (Å²) in [5.74, 6) is -1.81. The molecular formula is C51H86NO9P. The van der Waals surface area contributed by atoms with Gasteiger partial charge in [-0.15, -0.1) is 0 Å². The second-order valence-electron chi connectivity index (χ2n) is 15.5. The molecule has 0 saturated heterocycles. The maximum atomic E-state index is 12.7. The number of allylic oxidation sites excluding steroid dienone is 16. The Hall–Kier alpha value is -3.11. The van der Waals surface area contributed by atoms with E-state index in [1.54, 1.807) is 0 Å². The standard InChI is InChI=1S/C51H86NO9P/c1-3-5-7-9-11-13-15-17-19-21-22-23-24-25-26-27-28-30-32-34-36-38-40-42-44-58-45-48(46-59-62(56,57)60-47-49(52)51(54)55)61-50(53)43-41-39-37-35-33-31-29-20-18-16-14-12-10-8-6-4-2/h5,7,11,13-14,16-17,19-20,22-23,25-26,28-30,48-49H,3-4,6,8-10,12,15,18,21,24,27,31-47,52H2,1-2H3,(H,54,55)(H,56,57)/b7-5-,13-11-,16-14-,19-17-,23-22-,26-25-,29-20-,30-28-. The van der Waals surface area contributed by atoms with E-state index in [1.165, 1.54) is 32.1 Å². The zero-order valence-electron chi connectivity index (χ0n) is 38.7. The first-order valence-electron chi connectivity index (χ1n) is 23.8. The summed E-state index contributed by atoms with van der Waals surface area (Å²) >= 11 is 0. The number of phosphoric acid groups is 1. The average molecular weight is 888 g/mol. The van der Waals surface area contributed by atoms with Gasteiger partial charge in [0.05, 0.1) is 19.8 Å². The van der Waals surface area contributed by atoms with E-state index in [0.29, 0.717) is 13.0 Å². The summed E-state index contributed by atoms with van der Waals surface area (Å²) in [7, 11) is -4.64. The van der Waals surface area contributed by atoms with Crippen molar-refractivity contribution < 1.29 is 42.7 Å². The number of carbonyl (C=O) groups excluding carboxylic acids is 1. The van der Waals surface area contributed by atoms with Gasteiger partial charge in [-0.3, -0.25) is 18.6 Å². The number of hydrogen-bond donors (Lipinski definition) is 3. The Balaban J connectivity index is 4.28. The monoisotopic (exact) mass is 888 g/mol. The van der Waals surface area contributed by atoms with E-state index >= 15 is 0 Å². The molecule has 0 aromatic heterocycles. The minimum absolute atomic E-state index is 0.00860. The Labute approximate surface area is 377 Å². The molecule has 0 spiro atoms.